The zero-order valence-corrected chi connectivity index (χ0v) is 10.4. The van der Waals surface area contributed by atoms with Crippen molar-refractivity contribution >= 4 is 5.97 Å². The molecule has 0 aliphatic rings. The lowest BCUT2D eigenvalue weighted by molar-refractivity contribution is 0.0694. The van der Waals surface area contributed by atoms with E-state index in [1.165, 1.54) is 12.5 Å². The molecule has 7 heteroatoms. The zero-order valence-electron chi connectivity index (χ0n) is 10.4. The van der Waals surface area contributed by atoms with Crippen molar-refractivity contribution in [2.75, 3.05) is 0 Å². The van der Waals surface area contributed by atoms with Gasteiger partial charge in [-0.2, -0.15) is 0 Å². The Morgan fingerprint density at radius 2 is 2.05 bits per heavy atom. The van der Waals surface area contributed by atoms with Gasteiger partial charge in [0.1, 0.15) is 11.9 Å². The molecule has 2 heterocycles. The van der Waals surface area contributed by atoms with Crippen LogP contribution in [0.2, 0.25) is 0 Å². The van der Waals surface area contributed by atoms with Gasteiger partial charge in [-0.3, -0.25) is 9.97 Å². The fraction of sp³-hybridized carbons (Fsp3) is 0.250. The van der Waals surface area contributed by atoms with Gasteiger partial charge in [0.15, 0.2) is 0 Å². The molecule has 19 heavy (non-hydrogen) atoms. The zero-order chi connectivity index (χ0) is 13.7. The van der Waals surface area contributed by atoms with Crippen LogP contribution >= 0.6 is 0 Å². The molecular weight excluding hydrogens is 246 g/mol. The van der Waals surface area contributed by atoms with Gasteiger partial charge < -0.3 is 10.4 Å². The summed E-state index contributed by atoms with van der Waals surface area (Å²) >= 11 is 0. The summed E-state index contributed by atoms with van der Waals surface area (Å²) in [5.41, 5.74) is 2.19. The molecule has 0 aliphatic carbocycles. The van der Waals surface area contributed by atoms with Gasteiger partial charge in [0.05, 0.1) is 17.1 Å². The molecule has 0 saturated heterocycles. The summed E-state index contributed by atoms with van der Waals surface area (Å²) in [7, 11) is 0. The molecular formula is C12H13N5O2. The van der Waals surface area contributed by atoms with Crippen LogP contribution in [0.1, 0.15) is 27.4 Å². The molecule has 0 saturated carbocycles. The van der Waals surface area contributed by atoms with E-state index in [-0.39, 0.29) is 5.56 Å². The SMILES string of the molecule is Cc1cnc(CNCc2ncncc2C(=O)O)cn1. The van der Waals surface area contributed by atoms with Crippen LogP contribution < -0.4 is 5.32 Å². The number of carboxylic acids is 1. The van der Waals surface area contributed by atoms with Crippen molar-refractivity contribution in [2.24, 2.45) is 0 Å². The average molecular weight is 259 g/mol. The highest BCUT2D eigenvalue weighted by atomic mass is 16.4. The number of hydrogen-bond donors (Lipinski definition) is 2. The Kier molecular flexibility index (Phi) is 4.09. The van der Waals surface area contributed by atoms with Crippen LogP contribution in [-0.4, -0.2) is 31.0 Å². The Hall–Kier alpha value is -2.41. The first-order valence-corrected chi connectivity index (χ1v) is 5.67. The first-order chi connectivity index (χ1) is 9.16. The van der Waals surface area contributed by atoms with Gasteiger partial charge >= 0.3 is 5.97 Å². The number of hydrogen-bond acceptors (Lipinski definition) is 6. The highest BCUT2D eigenvalue weighted by molar-refractivity contribution is 5.88. The van der Waals surface area contributed by atoms with Crippen molar-refractivity contribution in [3.8, 4) is 0 Å². The molecule has 2 aromatic heterocycles. The van der Waals surface area contributed by atoms with Crippen molar-refractivity contribution in [3.63, 3.8) is 0 Å². The van der Waals surface area contributed by atoms with Gasteiger partial charge in [-0.25, -0.2) is 14.8 Å². The first kappa shape index (κ1) is 13.0. The number of rotatable bonds is 5. The normalized spacial score (nSPS) is 10.4. The molecule has 2 N–H and O–H groups in total. The molecule has 2 aromatic rings. The number of aryl methyl sites for hydroxylation is 1. The van der Waals surface area contributed by atoms with Gasteiger partial charge in [-0.15, -0.1) is 0 Å². The molecule has 0 unspecified atom stereocenters. The smallest absolute Gasteiger partial charge is 0.339 e. The van der Waals surface area contributed by atoms with Gasteiger partial charge in [-0.1, -0.05) is 0 Å². The lowest BCUT2D eigenvalue weighted by atomic mass is 10.2. The Labute approximate surface area is 109 Å². The van der Waals surface area contributed by atoms with E-state index in [1.54, 1.807) is 12.4 Å². The Balaban J connectivity index is 1.96. The Morgan fingerprint density at radius 1 is 1.21 bits per heavy atom. The third-order valence-corrected chi connectivity index (χ3v) is 2.46. The summed E-state index contributed by atoms with van der Waals surface area (Å²) in [6, 6.07) is 0. The van der Waals surface area contributed by atoms with E-state index in [9.17, 15) is 4.79 Å². The number of aromatic nitrogens is 4. The van der Waals surface area contributed by atoms with Gasteiger partial charge in [0.25, 0.3) is 0 Å². The molecule has 0 amide bonds. The largest absolute Gasteiger partial charge is 0.478 e. The van der Waals surface area contributed by atoms with Crippen molar-refractivity contribution < 1.29 is 9.90 Å². The molecule has 0 spiro atoms. The van der Waals surface area contributed by atoms with E-state index in [2.05, 4.69) is 25.3 Å². The van der Waals surface area contributed by atoms with E-state index < -0.39 is 5.97 Å². The maximum Gasteiger partial charge on any atom is 0.339 e. The maximum atomic E-state index is 11.0. The molecule has 7 nitrogen and oxygen atoms in total. The summed E-state index contributed by atoms with van der Waals surface area (Å²) in [4.78, 5) is 26.9. The number of nitrogens with one attached hydrogen (secondary N) is 1. The molecule has 0 bridgehead atoms. The summed E-state index contributed by atoms with van der Waals surface area (Å²) in [6.45, 7) is 2.69. The van der Waals surface area contributed by atoms with Crippen LogP contribution in [0.5, 0.6) is 0 Å². The summed E-state index contributed by atoms with van der Waals surface area (Å²) in [5, 5.41) is 12.1. The molecule has 2 rings (SSSR count). The van der Waals surface area contributed by atoms with E-state index >= 15 is 0 Å². The van der Waals surface area contributed by atoms with Crippen LogP contribution in [0.4, 0.5) is 0 Å². The van der Waals surface area contributed by atoms with Crippen molar-refractivity contribution in [3.05, 3.63) is 47.6 Å². The highest BCUT2D eigenvalue weighted by Gasteiger charge is 2.10. The van der Waals surface area contributed by atoms with E-state index in [1.807, 2.05) is 6.92 Å². The predicted octanol–water partition coefficient (Wildman–Crippen LogP) is 0.563. The van der Waals surface area contributed by atoms with E-state index in [4.69, 9.17) is 5.11 Å². The summed E-state index contributed by atoms with van der Waals surface area (Å²) in [6.07, 6.45) is 5.98. The summed E-state index contributed by atoms with van der Waals surface area (Å²) < 4.78 is 0. The predicted molar refractivity (Wildman–Crippen MR) is 66.3 cm³/mol. The number of carboxylic acid groups (broad SMARTS) is 1. The van der Waals surface area contributed by atoms with Crippen LogP contribution in [0.25, 0.3) is 0 Å². The van der Waals surface area contributed by atoms with Crippen LogP contribution in [0, 0.1) is 6.92 Å². The molecule has 0 radical (unpaired) electrons. The average Bonchev–Trinajstić information content (AvgIpc) is 2.41. The fourth-order valence-corrected chi connectivity index (χ4v) is 1.49. The van der Waals surface area contributed by atoms with Crippen molar-refractivity contribution in [2.45, 2.75) is 20.0 Å². The molecule has 0 aromatic carbocycles. The van der Waals surface area contributed by atoms with Gasteiger partial charge in [-0.05, 0) is 6.92 Å². The standard InChI is InChI=1S/C12H13N5O2/c1-8-2-16-9(4-15-8)3-13-6-11-10(12(18)19)5-14-7-17-11/h2,4-5,7,13H,3,6H2,1H3,(H,18,19). The van der Waals surface area contributed by atoms with Crippen molar-refractivity contribution in [1.82, 2.24) is 25.3 Å². The quantitative estimate of drug-likeness (QED) is 0.809. The minimum absolute atomic E-state index is 0.102. The van der Waals surface area contributed by atoms with Gasteiger partial charge in [0.2, 0.25) is 0 Å². The number of carbonyl (C=O) groups is 1. The van der Waals surface area contributed by atoms with E-state index in [0.29, 0.717) is 18.8 Å². The second-order valence-corrected chi connectivity index (χ2v) is 3.94. The molecule has 0 aliphatic heterocycles. The van der Waals surface area contributed by atoms with Gasteiger partial charge in [0, 0.05) is 31.7 Å². The lowest BCUT2D eigenvalue weighted by Crippen LogP contribution is -2.17. The molecule has 0 fully saturated rings. The van der Waals surface area contributed by atoms with Crippen LogP contribution in [0.3, 0.4) is 0 Å². The minimum Gasteiger partial charge on any atom is -0.478 e. The Morgan fingerprint density at radius 3 is 2.74 bits per heavy atom. The van der Waals surface area contributed by atoms with Crippen LogP contribution in [0.15, 0.2) is 24.9 Å². The minimum atomic E-state index is -1.03. The third kappa shape index (κ3) is 3.52. The van der Waals surface area contributed by atoms with Crippen molar-refractivity contribution in [1.29, 1.82) is 0 Å². The third-order valence-electron chi connectivity index (χ3n) is 2.46. The van der Waals surface area contributed by atoms with E-state index in [0.717, 1.165) is 11.4 Å². The molecule has 98 valence electrons. The number of aromatic carboxylic acids is 1. The monoisotopic (exact) mass is 259 g/mol. The first-order valence-electron chi connectivity index (χ1n) is 5.67. The second-order valence-electron chi connectivity index (χ2n) is 3.94. The maximum absolute atomic E-state index is 11.0. The molecule has 0 atom stereocenters. The summed E-state index contributed by atoms with van der Waals surface area (Å²) in [5.74, 6) is -1.03. The van der Waals surface area contributed by atoms with Crippen LogP contribution in [-0.2, 0) is 13.1 Å². The number of nitrogens with zero attached hydrogens (tertiary/aromatic N) is 4. The second kappa shape index (κ2) is 5.96. The highest BCUT2D eigenvalue weighted by Crippen LogP contribution is 2.03. The lowest BCUT2D eigenvalue weighted by Gasteiger charge is -2.06. The topological polar surface area (TPSA) is 101 Å². The fourth-order valence-electron chi connectivity index (χ4n) is 1.49. The Bertz CT molecular complexity index is 571.